The highest BCUT2D eigenvalue weighted by Gasteiger charge is 2.10. The number of furan rings is 1. The van der Waals surface area contributed by atoms with Crippen molar-refractivity contribution < 1.29 is 9.15 Å². The minimum Gasteiger partial charge on any atom is -0.490 e. The molecule has 2 aromatic rings. The summed E-state index contributed by atoms with van der Waals surface area (Å²) in [5, 5.41) is 1.04. The topological polar surface area (TPSA) is 48.4 Å². The van der Waals surface area contributed by atoms with E-state index in [1.165, 1.54) is 0 Å². The van der Waals surface area contributed by atoms with Crippen molar-refractivity contribution in [2.24, 2.45) is 5.73 Å². The number of hydrogen-bond acceptors (Lipinski definition) is 3. The molecule has 0 saturated heterocycles. The van der Waals surface area contributed by atoms with Gasteiger partial charge >= 0.3 is 0 Å². The molecule has 0 aliphatic rings. The van der Waals surface area contributed by atoms with Crippen LogP contribution in [0.4, 0.5) is 0 Å². The predicted octanol–water partition coefficient (Wildman–Crippen LogP) is 2.85. The molecule has 0 radical (unpaired) electrons. The quantitative estimate of drug-likeness (QED) is 0.838. The molecule has 0 amide bonds. The molecular weight excluding hydrogens is 190 g/mol. The van der Waals surface area contributed by atoms with E-state index in [1.54, 1.807) is 0 Å². The molecule has 2 N–H and O–H groups in total. The zero-order valence-electron chi connectivity index (χ0n) is 8.99. The van der Waals surface area contributed by atoms with E-state index in [2.05, 4.69) is 0 Å². The lowest BCUT2D eigenvalue weighted by Crippen LogP contribution is -2.02. The van der Waals surface area contributed by atoms with Crippen LogP contribution in [0, 0.1) is 0 Å². The number of fused-ring (bicyclic) bond motifs is 1. The monoisotopic (exact) mass is 205 g/mol. The molecule has 1 atom stereocenters. The summed E-state index contributed by atoms with van der Waals surface area (Å²) >= 11 is 0. The Morgan fingerprint density at radius 1 is 1.47 bits per heavy atom. The van der Waals surface area contributed by atoms with E-state index in [9.17, 15) is 0 Å². The van der Waals surface area contributed by atoms with E-state index in [-0.39, 0.29) is 6.04 Å². The lowest BCUT2D eigenvalue weighted by Gasteiger charge is -2.02. The van der Waals surface area contributed by atoms with Gasteiger partial charge in [0.15, 0.2) is 11.3 Å². The molecule has 0 aliphatic heterocycles. The highest BCUT2D eigenvalue weighted by atomic mass is 16.5. The average Bonchev–Trinajstić information content (AvgIpc) is 2.63. The summed E-state index contributed by atoms with van der Waals surface area (Å²) in [7, 11) is 0. The molecule has 1 aromatic carbocycles. The van der Waals surface area contributed by atoms with Crippen LogP contribution >= 0.6 is 0 Å². The molecule has 0 spiro atoms. The van der Waals surface area contributed by atoms with E-state index in [0.717, 1.165) is 22.5 Å². The molecule has 15 heavy (non-hydrogen) atoms. The highest BCUT2D eigenvalue weighted by molar-refractivity contribution is 5.83. The first-order valence-electron chi connectivity index (χ1n) is 5.13. The summed E-state index contributed by atoms with van der Waals surface area (Å²) in [6.45, 7) is 4.49. The van der Waals surface area contributed by atoms with Gasteiger partial charge in [-0.1, -0.05) is 12.1 Å². The smallest absolute Gasteiger partial charge is 0.176 e. The number of benzene rings is 1. The molecular formula is C12H15NO2. The second-order valence-electron chi connectivity index (χ2n) is 3.54. The van der Waals surface area contributed by atoms with Crippen LogP contribution in [0.3, 0.4) is 0 Å². The highest BCUT2D eigenvalue weighted by Crippen LogP contribution is 2.30. The van der Waals surface area contributed by atoms with E-state index >= 15 is 0 Å². The maximum Gasteiger partial charge on any atom is 0.176 e. The second-order valence-corrected chi connectivity index (χ2v) is 3.54. The predicted molar refractivity (Wildman–Crippen MR) is 60.0 cm³/mol. The number of nitrogens with two attached hydrogens (primary N) is 1. The summed E-state index contributed by atoms with van der Waals surface area (Å²) in [4.78, 5) is 0. The van der Waals surface area contributed by atoms with Gasteiger partial charge in [0.1, 0.15) is 5.76 Å². The third-order valence-corrected chi connectivity index (χ3v) is 2.28. The van der Waals surface area contributed by atoms with Crippen molar-refractivity contribution in [3.63, 3.8) is 0 Å². The largest absolute Gasteiger partial charge is 0.490 e. The third-order valence-electron chi connectivity index (χ3n) is 2.28. The Labute approximate surface area is 88.8 Å². The van der Waals surface area contributed by atoms with Crippen molar-refractivity contribution >= 4 is 11.0 Å². The number of para-hydroxylation sites is 1. The summed E-state index contributed by atoms with van der Waals surface area (Å²) < 4.78 is 11.1. The van der Waals surface area contributed by atoms with Crippen molar-refractivity contribution in [1.82, 2.24) is 0 Å². The molecule has 2 rings (SSSR count). The van der Waals surface area contributed by atoms with Crippen LogP contribution in [0.15, 0.2) is 28.7 Å². The van der Waals surface area contributed by atoms with E-state index < -0.39 is 0 Å². The van der Waals surface area contributed by atoms with Gasteiger partial charge in [-0.05, 0) is 26.0 Å². The molecule has 1 heterocycles. The molecule has 80 valence electrons. The Bertz CT molecular complexity index is 460. The second kappa shape index (κ2) is 3.95. The summed E-state index contributed by atoms with van der Waals surface area (Å²) in [5.41, 5.74) is 6.55. The van der Waals surface area contributed by atoms with E-state index in [0.29, 0.717) is 6.61 Å². The molecule has 0 bridgehead atoms. The van der Waals surface area contributed by atoms with Crippen LogP contribution in [-0.4, -0.2) is 6.61 Å². The molecule has 3 heteroatoms. The standard InChI is InChI=1S/C12H15NO2/c1-3-14-10-6-4-5-9-7-11(8(2)13)15-12(9)10/h4-8H,3,13H2,1-2H3/t8-/m0/s1. The maximum absolute atomic E-state index is 5.77. The third kappa shape index (κ3) is 1.83. The van der Waals surface area contributed by atoms with Crippen molar-refractivity contribution in [2.45, 2.75) is 19.9 Å². The molecule has 0 fully saturated rings. The first-order valence-corrected chi connectivity index (χ1v) is 5.13. The molecule has 0 unspecified atom stereocenters. The van der Waals surface area contributed by atoms with Gasteiger partial charge < -0.3 is 14.9 Å². The van der Waals surface area contributed by atoms with Gasteiger partial charge in [-0.15, -0.1) is 0 Å². The van der Waals surface area contributed by atoms with Crippen molar-refractivity contribution in [3.05, 3.63) is 30.0 Å². The maximum atomic E-state index is 5.77. The van der Waals surface area contributed by atoms with Crippen LogP contribution in [-0.2, 0) is 0 Å². The molecule has 0 saturated carbocycles. The van der Waals surface area contributed by atoms with E-state index in [1.807, 2.05) is 38.1 Å². The Kier molecular flexibility index (Phi) is 2.64. The zero-order valence-corrected chi connectivity index (χ0v) is 8.99. The Hall–Kier alpha value is -1.48. The van der Waals surface area contributed by atoms with Crippen LogP contribution in [0.25, 0.3) is 11.0 Å². The fourth-order valence-corrected chi connectivity index (χ4v) is 1.55. The van der Waals surface area contributed by atoms with Gasteiger partial charge in [0.25, 0.3) is 0 Å². The van der Waals surface area contributed by atoms with Gasteiger partial charge in [-0.2, -0.15) is 0 Å². The average molecular weight is 205 g/mol. The van der Waals surface area contributed by atoms with Crippen LogP contribution in [0.5, 0.6) is 5.75 Å². The van der Waals surface area contributed by atoms with Crippen molar-refractivity contribution in [2.75, 3.05) is 6.61 Å². The first-order chi connectivity index (χ1) is 7.22. The lowest BCUT2D eigenvalue weighted by molar-refractivity contribution is 0.337. The Balaban J connectivity index is 2.54. The van der Waals surface area contributed by atoms with Gasteiger partial charge in [0, 0.05) is 5.39 Å². The van der Waals surface area contributed by atoms with Crippen molar-refractivity contribution in [3.8, 4) is 5.75 Å². The number of hydrogen-bond donors (Lipinski definition) is 1. The fourth-order valence-electron chi connectivity index (χ4n) is 1.55. The van der Waals surface area contributed by atoms with Gasteiger partial charge in [0.2, 0.25) is 0 Å². The lowest BCUT2D eigenvalue weighted by atomic mass is 10.2. The normalized spacial score (nSPS) is 13.0. The number of ether oxygens (including phenoxy) is 1. The van der Waals surface area contributed by atoms with Crippen molar-refractivity contribution in [1.29, 1.82) is 0 Å². The van der Waals surface area contributed by atoms with Crippen LogP contribution in [0.1, 0.15) is 25.6 Å². The van der Waals surface area contributed by atoms with Gasteiger partial charge in [-0.25, -0.2) is 0 Å². The fraction of sp³-hybridized carbons (Fsp3) is 0.333. The molecule has 1 aromatic heterocycles. The molecule has 0 aliphatic carbocycles. The zero-order chi connectivity index (χ0) is 10.8. The van der Waals surface area contributed by atoms with Gasteiger partial charge in [0.05, 0.1) is 12.6 Å². The SMILES string of the molecule is CCOc1cccc2cc([C@H](C)N)oc12. The van der Waals surface area contributed by atoms with Crippen LogP contribution < -0.4 is 10.5 Å². The summed E-state index contributed by atoms with van der Waals surface area (Å²) in [6.07, 6.45) is 0. The first kappa shape index (κ1) is 10.1. The van der Waals surface area contributed by atoms with E-state index in [4.69, 9.17) is 14.9 Å². The van der Waals surface area contributed by atoms with Crippen LogP contribution in [0.2, 0.25) is 0 Å². The summed E-state index contributed by atoms with van der Waals surface area (Å²) in [6, 6.07) is 7.72. The Morgan fingerprint density at radius 2 is 2.27 bits per heavy atom. The Morgan fingerprint density at radius 3 is 2.93 bits per heavy atom. The minimum atomic E-state index is -0.0909. The summed E-state index contributed by atoms with van der Waals surface area (Å²) in [5.74, 6) is 1.57. The van der Waals surface area contributed by atoms with Gasteiger partial charge in [-0.3, -0.25) is 0 Å². The minimum absolute atomic E-state index is 0.0909. The number of rotatable bonds is 3. The molecule has 3 nitrogen and oxygen atoms in total.